The van der Waals surface area contributed by atoms with E-state index in [0.29, 0.717) is 32.0 Å². The summed E-state index contributed by atoms with van der Waals surface area (Å²) in [5.41, 5.74) is 0. The van der Waals surface area contributed by atoms with Gasteiger partial charge in [-0.05, 0) is 18.8 Å². The summed E-state index contributed by atoms with van der Waals surface area (Å²) in [6.45, 7) is 0.935. The highest BCUT2D eigenvalue weighted by molar-refractivity contribution is 6.37. The van der Waals surface area contributed by atoms with E-state index in [1.807, 2.05) is 0 Å². The number of aliphatic hydroxyl groups is 1. The number of ketones is 2. The van der Waals surface area contributed by atoms with Crippen molar-refractivity contribution in [2.75, 3.05) is 13.2 Å². The van der Waals surface area contributed by atoms with E-state index in [4.69, 9.17) is 4.74 Å². The Bertz CT molecular complexity index is 309. The number of carbonyl (C=O) groups is 2. The smallest absolute Gasteiger partial charge is 0.198 e. The van der Waals surface area contributed by atoms with Crippen LogP contribution in [0.2, 0.25) is 0 Å². The summed E-state index contributed by atoms with van der Waals surface area (Å²) in [6.07, 6.45) is 5.12. The number of hydrogen-bond acceptors (Lipinski definition) is 4. The lowest BCUT2D eigenvalue weighted by atomic mass is 9.81. The maximum absolute atomic E-state index is 11.8. The van der Waals surface area contributed by atoms with Gasteiger partial charge in [-0.3, -0.25) is 9.59 Å². The minimum absolute atomic E-state index is 0.144. The monoisotopic (exact) mass is 254 g/mol. The van der Waals surface area contributed by atoms with Crippen molar-refractivity contribution in [2.24, 2.45) is 11.8 Å². The molecule has 4 heteroatoms. The molecule has 0 aromatic carbocycles. The maximum Gasteiger partial charge on any atom is 0.198 e. The van der Waals surface area contributed by atoms with E-state index in [2.05, 4.69) is 0 Å². The van der Waals surface area contributed by atoms with Gasteiger partial charge in [-0.1, -0.05) is 19.3 Å². The van der Waals surface area contributed by atoms with Gasteiger partial charge < -0.3 is 9.84 Å². The van der Waals surface area contributed by atoms with Crippen molar-refractivity contribution < 1.29 is 19.4 Å². The van der Waals surface area contributed by atoms with E-state index in [0.717, 1.165) is 6.42 Å². The predicted octanol–water partition coefficient (Wildman–Crippen LogP) is 1.49. The molecule has 0 amide bonds. The molecule has 0 aromatic heterocycles. The maximum atomic E-state index is 11.8. The van der Waals surface area contributed by atoms with Crippen molar-refractivity contribution in [3.05, 3.63) is 0 Å². The fourth-order valence-electron chi connectivity index (χ4n) is 2.59. The first-order chi connectivity index (χ1) is 8.66. The molecule has 2 aliphatic rings. The molecule has 0 aromatic rings. The first-order valence-electron chi connectivity index (χ1n) is 6.98. The average Bonchev–Trinajstić information content (AvgIpc) is 2.30. The van der Waals surface area contributed by atoms with E-state index < -0.39 is 6.10 Å². The quantitative estimate of drug-likeness (QED) is 0.729. The topological polar surface area (TPSA) is 63.6 Å². The minimum atomic E-state index is -0.498. The molecule has 2 unspecified atom stereocenters. The van der Waals surface area contributed by atoms with E-state index in [9.17, 15) is 14.7 Å². The van der Waals surface area contributed by atoms with Crippen LogP contribution in [0.15, 0.2) is 0 Å². The first-order valence-corrected chi connectivity index (χ1v) is 6.98. The zero-order valence-electron chi connectivity index (χ0n) is 10.8. The summed E-state index contributed by atoms with van der Waals surface area (Å²) >= 11 is 0. The molecule has 2 fully saturated rings. The molecule has 0 spiro atoms. The van der Waals surface area contributed by atoms with Crippen molar-refractivity contribution in [2.45, 2.75) is 51.0 Å². The molecule has 1 aliphatic heterocycles. The number of hydrogen-bond donors (Lipinski definition) is 1. The molecule has 18 heavy (non-hydrogen) atoms. The van der Waals surface area contributed by atoms with E-state index in [1.165, 1.54) is 19.3 Å². The van der Waals surface area contributed by atoms with Crippen LogP contribution in [0.3, 0.4) is 0 Å². The van der Waals surface area contributed by atoms with Crippen LogP contribution in [0.4, 0.5) is 0 Å². The third-order valence-electron chi connectivity index (χ3n) is 4.20. The van der Waals surface area contributed by atoms with Gasteiger partial charge in [0.2, 0.25) is 0 Å². The van der Waals surface area contributed by atoms with Crippen LogP contribution in [0.1, 0.15) is 44.9 Å². The summed E-state index contributed by atoms with van der Waals surface area (Å²) in [5.74, 6) is -0.132. The lowest BCUT2D eigenvalue weighted by Crippen LogP contribution is -2.34. The Morgan fingerprint density at radius 1 is 1.17 bits per heavy atom. The SMILES string of the molecule is O=C(CCC1CCC1)C(=O)CC1COCCC1O. The molecule has 0 bridgehead atoms. The van der Waals surface area contributed by atoms with Crippen molar-refractivity contribution in [1.82, 2.24) is 0 Å². The molecular weight excluding hydrogens is 232 g/mol. The predicted molar refractivity (Wildman–Crippen MR) is 66.1 cm³/mol. The Hall–Kier alpha value is -0.740. The number of rotatable bonds is 6. The van der Waals surface area contributed by atoms with Crippen LogP contribution in [0, 0.1) is 11.8 Å². The van der Waals surface area contributed by atoms with Gasteiger partial charge in [0.15, 0.2) is 11.6 Å². The van der Waals surface area contributed by atoms with Gasteiger partial charge in [-0.25, -0.2) is 0 Å². The lowest BCUT2D eigenvalue weighted by Gasteiger charge is -2.27. The summed E-state index contributed by atoms with van der Waals surface area (Å²) in [5, 5.41) is 9.72. The van der Waals surface area contributed by atoms with Crippen LogP contribution in [0.5, 0.6) is 0 Å². The second-order valence-corrected chi connectivity index (χ2v) is 5.58. The molecule has 4 nitrogen and oxygen atoms in total. The second kappa shape index (κ2) is 6.43. The number of Topliss-reactive ketones (excluding diaryl/α,β-unsaturated/α-hetero) is 2. The van der Waals surface area contributed by atoms with E-state index in [-0.39, 0.29) is 23.9 Å². The number of ether oxygens (including phenoxy) is 1. The zero-order valence-corrected chi connectivity index (χ0v) is 10.8. The molecule has 2 rings (SSSR count). The second-order valence-electron chi connectivity index (χ2n) is 5.58. The molecule has 1 N–H and O–H groups in total. The van der Waals surface area contributed by atoms with Crippen molar-refractivity contribution in [1.29, 1.82) is 0 Å². The van der Waals surface area contributed by atoms with Crippen LogP contribution in [-0.2, 0) is 14.3 Å². The van der Waals surface area contributed by atoms with Gasteiger partial charge >= 0.3 is 0 Å². The van der Waals surface area contributed by atoms with Crippen LogP contribution in [-0.4, -0.2) is 36.0 Å². The van der Waals surface area contributed by atoms with Crippen molar-refractivity contribution in [3.63, 3.8) is 0 Å². The highest BCUT2D eigenvalue weighted by Gasteiger charge is 2.28. The van der Waals surface area contributed by atoms with Crippen LogP contribution < -0.4 is 0 Å². The first kappa shape index (κ1) is 13.7. The normalized spacial score (nSPS) is 28.7. The third kappa shape index (κ3) is 3.62. The average molecular weight is 254 g/mol. The molecule has 102 valence electrons. The third-order valence-corrected chi connectivity index (χ3v) is 4.20. The summed E-state index contributed by atoms with van der Waals surface area (Å²) in [6, 6.07) is 0. The number of carbonyl (C=O) groups excluding carboxylic acids is 2. The van der Waals surface area contributed by atoms with Gasteiger partial charge in [0, 0.05) is 25.4 Å². The Kier molecular flexibility index (Phi) is 4.89. The Labute approximate surface area is 108 Å². The fourth-order valence-corrected chi connectivity index (χ4v) is 2.59. The largest absolute Gasteiger partial charge is 0.393 e. The van der Waals surface area contributed by atoms with Gasteiger partial charge in [0.1, 0.15) is 0 Å². The standard InChI is InChI=1S/C14H22O4/c15-12-6-7-18-9-11(12)8-14(17)13(16)5-4-10-2-1-3-10/h10-12,15H,1-9H2. The molecule has 0 radical (unpaired) electrons. The van der Waals surface area contributed by atoms with Gasteiger partial charge in [0.05, 0.1) is 12.7 Å². The molecule has 1 aliphatic carbocycles. The number of aliphatic hydroxyl groups excluding tert-OH is 1. The Morgan fingerprint density at radius 2 is 1.94 bits per heavy atom. The van der Waals surface area contributed by atoms with Crippen LogP contribution in [0.25, 0.3) is 0 Å². The van der Waals surface area contributed by atoms with Crippen molar-refractivity contribution >= 4 is 11.6 Å². The zero-order chi connectivity index (χ0) is 13.0. The fraction of sp³-hybridized carbons (Fsp3) is 0.857. The van der Waals surface area contributed by atoms with Crippen molar-refractivity contribution in [3.8, 4) is 0 Å². The highest BCUT2D eigenvalue weighted by Crippen LogP contribution is 2.30. The Morgan fingerprint density at radius 3 is 2.56 bits per heavy atom. The van der Waals surface area contributed by atoms with Gasteiger partial charge in [-0.2, -0.15) is 0 Å². The summed E-state index contributed by atoms with van der Waals surface area (Å²) < 4.78 is 5.23. The van der Waals surface area contributed by atoms with E-state index in [1.54, 1.807) is 0 Å². The minimum Gasteiger partial charge on any atom is -0.393 e. The van der Waals surface area contributed by atoms with E-state index >= 15 is 0 Å². The van der Waals surface area contributed by atoms with Gasteiger partial charge in [-0.15, -0.1) is 0 Å². The molecule has 1 saturated heterocycles. The molecular formula is C14H22O4. The molecule has 2 atom stereocenters. The highest BCUT2D eigenvalue weighted by atomic mass is 16.5. The van der Waals surface area contributed by atoms with Gasteiger partial charge in [0.25, 0.3) is 0 Å². The lowest BCUT2D eigenvalue weighted by molar-refractivity contribution is -0.139. The van der Waals surface area contributed by atoms with Crippen LogP contribution >= 0.6 is 0 Å². The molecule has 1 saturated carbocycles. The summed E-state index contributed by atoms with van der Waals surface area (Å²) in [4.78, 5) is 23.5. The Balaban J connectivity index is 1.70. The summed E-state index contributed by atoms with van der Waals surface area (Å²) in [7, 11) is 0. The molecule has 1 heterocycles.